The van der Waals surface area contributed by atoms with Crippen molar-refractivity contribution in [2.75, 3.05) is 18.4 Å². The number of hydrogen-bond donors (Lipinski definition) is 2. The van der Waals surface area contributed by atoms with E-state index >= 15 is 0 Å². The van der Waals surface area contributed by atoms with Gasteiger partial charge in [0.1, 0.15) is 11.6 Å². The molecular weight excluding hydrogens is 397 g/mol. The van der Waals surface area contributed by atoms with Crippen LogP contribution in [-0.4, -0.2) is 43.8 Å². The van der Waals surface area contributed by atoms with E-state index in [-0.39, 0.29) is 30.2 Å². The molecule has 0 radical (unpaired) electrons. The summed E-state index contributed by atoms with van der Waals surface area (Å²) < 4.78 is 16.6. The zero-order chi connectivity index (χ0) is 19.7. The predicted molar refractivity (Wildman–Crippen MR) is 109 cm³/mol. The van der Waals surface area contributed by atoms with E-state index in [1.54, 1.807) is 22.9 Å². The highest BCUT2D eigenvalue weighted by molar-refractivity contribution is 6.03. The lowest BCUT2D eigenvalue weighted by molar-refractivity contribution is 0.102. The summed E-state index contributed by atoms with van der Waals surface area (Å²) in [6.07, 6.45) is 1.92. The predicted octanol–water partition coefficient (Wildman–Crippen LogP) is 2.82. The van der Waals surface area contributed by atoms with E-state index in [1.165, 1.54) is 12.1 Å². The number of amides is 1. The summed E-state index contributed by atoms with van der Waals surface area (Å²) in [7, 11) is 0. The van der Waals surface area contributed by atoms with Crippen LogP contribution in [0.2, 0.25) is 0 Å². The molecule has 1 fully saturated rings. The van der Waals surface area contributed by atoms with Crippen molar-refractivity contribution in [3.05, 3.63) is 53.2 Å². The lowest BCUT2D eigenvalue weighted by Crippen LogP contribution is -2.30. The Morgan fingerprint density at radius 3 is 2.59 bits per heavy atom. The maximum atomic E-state index is 13.2. The number of rotatable bonds is 4. The third-order valence-electron chi connectivity index (χ3n) is 4.94. The topological polar surface area (TPSA) is 89.7 Å². The van der Waals surface area contributed by atoms with Gasteiger partial charge >= 0.3 is 0 Å². The normalized spacial score (nSPS) is 14.4. The number of carbonyl (C=O) groups excluding carboxylic acids is 1. The number of anilines is 1. The monoisotopic (exact) mass is 419 g/mol. The minimum absolute atomic E-state index is 0. The van der Waals surface area contributed by atoms with Crippen molar-refractivity contribution in [1.82, 2.24) is 30.1 Å². The second kappa shape index (κ2) is 8.71. The van der Waals surface area contributed by atoms with E-state index in [9.17, 15) is 9.18 Å². The molecule has 154 valence electrons. The number of hydrogen-bond acceptors (Lipinski definition) is 5. The number of nitrogens with zero attached hydrogens (tertiary/aromatic N) is 5. The first kappa shape index (κ1) is 20.9. The van der Waals surface area contributed by atoms with Crippen molar-refractivity contribution in [3.8, 4) is 5.69 Å². The van der Waals surface area contributed by atoms with Crippen LogP contribution in [0.4, 0.5) is 10.2 Å². The van der Waals surface area contributed by atoms with Crippen molar-refractivity contribution in [2.24, 2.45) is 0 Å². The lowest BCUT2D eigenvalue weighted by Gasteiger charge is -2.23. The van der Waals surface area contributed by atoms with Gasteiger partial charge < -0.3 is 10.6 Å². The Kier molecular flexibility index (Phi) is 6.29. The molecule has 1 saturated heterocycles. The minimum Gasteiger partial charge on any atom is -0.317 e. The van der Waals surface area contributed by atoms with Gasteiger partial charge in [0.25, 0.3) is 5.91 Å². The lowest BCUT2D eigenvalue weighted by atomic mass is 10.1. The SMILES string of the molecule is Cc1cc(NC(=O)c2nnn(C3CCNCC3)c2C)n(-c2ccc(F)cc2)n1.Cl. The molecule has 10 heteroatoms. The minimum atomic E-state index is -0.346. The first-order valence-corrected chi connectivity index (χ1v) is 9.29. The Morgan fingerprint density at radius 1 is 1.21 bits per heavy atom. The standard InChI is InChI=1S/C19H22FN7O.ClH/c1-12-11-17(27(24-12)15-5-3-14(20)4-6-15)22-19(28)18-13(2)26(25-23-18)16-7-9-21-10-8-16;/h3-6,11,16,21H,7-10H2,1-2H3,(H,22,28);1H. The van der Waals surface area contributed by atoms with Crippen LogP contribution in [0, 0.1) is 19.7 Å². The molecule has 1 aliphatic heterocycles. The number of halogens is 2. The fourth-order valence-electron chi connectivity index (χ4n) is 3.49. The molecule has 0 atom stereocenters. The van der Waals surface area contributed by atoms with Crippen LogP contribution in [0.5, 0.6) is 0 Å². The Balaban J connectivity index is 0.00000240. The number of piperidine rings is 1. The second-order valence-electron chi connectivity index (χ2n) is 6.96. The van der Waals surface area contributed by atoms with Crippen LogP contribution >= 0.6 is 12.4 Å². The van der Waals surface area contributed by atoms with Crippen molar-refractivity contribution in [1.29, 1.82) is 0 Å². The van der Waals surface area contributed by atoms with E-state index in [0.29, 0.717) is 17.2 Å². The van der Waals surface area contributed by atoms with Gasteiger partial charge in [0.05, 0.1) is 23.1 Å². The molecule has 1 amide bonds. The third kappa shape index (κ3) is 4.30. The number of carbonyl (C=O) groups is 1. The molecule has 1 aliphatic rings. The summed E-state index contributed by atoms with van der Waals surface area (Å²) in [6, 6.07) is 7.93. The van der Waals surface area contributed by atoms with Crippen LogP contribution in [-0.2, 0) is 0 Å². The smallest absolute Gasteiger partial charge is 0.279 e. The van der Waals surface area contributed by atoms with Crippen LogP contribution in [0.3, 0.4) is 0 Å². The first-order valence-electron chi connectivity index (χ1n) is 9.29. The summed E-state index contributed by atoms with van der Waals surface area (Å²) in [5, 5.41) is 18.9. The van der Waals surface area contributed by atoms with Gasteiger partial charge in [-0.15, -0.1) is 17.5 Å². The molecule has 29 heavy (non-hydrogen) atoms. The molecule has 8 nitrogen and oxygen atoms in total. The fraction of sp³-hybridized carbons (Fsp3) is 0.368. The second-order valence-corrected chi connectivity index (χ2v) is 6.96. The van der Waals surface area contributed by atoms with E-state index in [2.05, 4.69) is 26.0 Å². The van der Waals surface area contributed by atoms with Crippen molar-refractivity contribution in [3.63, 3.8) is 0 Å². The van der Waals surface area contributed by atoms with E-state index in [0.717, 1.165) is 37.3 Å². The van der Waals surface area contributed by atoms with E-state index in [4.69, 9.17) is 0 Å². The highest BCUT2D eigenvalue weighted by Gasteiger charge is 2.23. The third-order valence-corrected chi connectivity index (χ3v) is 4.94. The molecule has 2 aromatic heterocycles. The molecule has 2 N–H and O–H groups in total. The molecule has 3 heterocycles. The molecule has 0 spiro atoms. The van der Waals surface area contributed by atoms with Gasteiger partial charge in [-0.25, -0.2) is 13.8 Å². The highest BCUT2D eigenvalue weighted by Crippen LogP contribution is 2.22. The zero-order valence-corrected chi connectivity index (χ0v) is 17.0. The summed E-state index contributed by atoms with van der Waals surface area (Å²) in [4.78, 5) is 12.8. The van der Waals surface area contributed by atoms with Gasteiger partial charge in [-0.2, -0.15) is 5.10 Å². The molecule has 3 aromatic rings. The average molecular weight is 420 g/mol. The molecule has 4 rings (SSSR count). The summed E-state index contributed by atoms with van der Waals surface area (Å²) >= 11 is 0. The van der Waals surface area contributed by atoms with Crippen LogP contribution in [0.1, 0.15) is 40.8 Å². The highest BCUT2D eigenvalue weighted by atomic mass is 35.5. The van der Waals surface area contributed by atoms with Crippen molar-refractivity contribution >= 4 is 24.1 Å². The van der Waals surface area contributed by atoms with Gasteiger partial charge in [0.2, 0.25) is 0 Å². The average Bonchev–Trinajstić information content (AvgIpc) is 3.25. The Bertz CT molecular complexity index is 993. The molecular formula is C19H23ClFN7O. The number of aryl methyl sites for hydroxylation is 1. The van der Waals surface area contributed by atoms with Gasteiger partial charge in [-0.3, -0.25) is 4.79 Å². The van der Waals surface area contributed by atoms with Crippen LogP contribution in [0.15, 0.2) is 30.3 Å². The Morgan fingerprint density at radius 2 is 1.90 bits per heavy atom. The maximum absolute atomic E-state index is 13.2. The van der Waals surface area contributed by atoms with Crippen molar-refractivity contribution in [2.45, 2.75) is 32.7 Å². The number of nitrogens with one attached hydrogen (secondary N) is 2. The van der Waals surface area contributed by atoms with Gasteiger partial charge in [-0.05, 0) is 64.0 Å². The molecule has 0 aliphatic carbocycles. The van der Waals surface area contributed by atoms with Gasteiger partial charge in [0.15, 0.2) is 5.69 Å². The van der Waals surface area contributed by atoms with Gasteiger partial charge in [-0.1, -0.05) is 5.21 Å². The van der Waals surface area contributed by atoms with Gasteiger partial charge in [0, 0.05) is 6.07 Å². The number of aromatic nitrogens is 5. The molecule has 0 bridgehead atoms. The maximum Gasteiger partial charge on any atom is 0.279 e. The van der Waals surface area contributed by atoms with E-state index in [1.807, 2.05) is 18.5 Å². The van der Waals surface area contributed by atoms with Crippen LogP contribution in [0.25, 0.3) is 5.69 Å². The first-order chi connectivity index (χ1) is 13.5. The summed E-state index contributed by atoms with van der Waals surface area (Å²) in [5.41, 5.74) is 2.42. The van der Waals surface area contributed by atoms with Crippen molar-refractivity contribution < 1.29 is 9.18 Å². The molecule has 1 aromatic carbocycles. The quantitative estimate of drug-likeness (QED) is 0.678. The Labute approximate surface area is 173 Å². The van der Waals surface area contributed by atoms with Crippen LogP contribution < -0.4 is 10.6 Å². The molecule has 0 unspecified atom stereocenters. The molecule has 0 saturated carbocycles. The zero-order valence-electron chi connectivity index (χ0n) is 16.2. The largest absolute Gasteiger partial charge is 0.317 e. The fourth-order valence-corrected chi connectivity index (χ4v) is 3.49. The number of benzene rings is 1. The summed E-state index contributed by atoms with van der Waals surface area (Å²) in [5.74, 6) is -0.186. The Hall–Kier alpha value is -2.78. The van der Waals surface area contributed by atoms with E-state index < -0.39 is 0 Å². The summed E-state index contributed by atoms with van der Waals surface area (Å²) in [6.45, 7) is 5.55.